The minimum atomic E-state index is -0.603. The monoisotopic (exact) mass is 242 g/mol. The van der Waals surface area contributed by atoms with Gasteiger partial charge in [0.05, 0.1) is 9.40 Å². The number of nitro benzene ring substituents is 1. The maximum Gasteiger partial charge on any atom is 0.293 e. The molecule has 0 bridgehead atoms. The van der Waals surface area contributed by atoms with E-state index in [9.17, 15) is 10.1 Å². The zero-order valence-corrected chi connectivity index (χ0v) is 7.80. The third kappa shape index (κ3) is 1.95. The van der Waals surface area contributed by atoms with Crippen LogP contribution in [0.25, 0.3) is 10.4 Å². The molecule has 0 aromatic heterocycles. The molecular formula is C6H3BrN4O2. The lowest BCUT2D eigenvalue weighted by molar-refractivity contribution is -0.384. The SMILES string of the molecule is [N-]=[N+]=Nc1cccc(Br)c1[N+](=O)[O-]. The molecule has 0 radical (unpaired) electrons. The second-order valence-electron chi connectivity index (χ2n) is 2.05. The van der Waals surface area contributed by atoms with E-state index in [2.05, 4.69) is 26.0 Å². The lowest BCUT2D eigenvalue weighted by atomic mass is 10.3. The van der Waals surface area contributed by atoms with Gasteiger partial charge in [0.2, 0.25) is 0 Å². The van der Waals surface area contributed by atoms with Crippen molar-refractivity contribution in [2.75, 3.05) is 0 Å². The second kappa shape index (κ2) is 3.88. The quantitative estimate of drug-likeness (QED) is 0.262. The van der Waals surface area contributed by atoms with Gasteiger partial charge in [-0.1, -0.05) is 11.2 Å². The van der Waals surface area contributed by atoms with Gasteiger partial charge in [-0.25, -0.2) is 0 Å². The van der Waals surface area contributed by atoms with Crippen LogP contribution >= 0.6 is 15.9 Å². The van der Waals surface area contributed by atoms with Crippen molar-refractivity contribution in [2.45, 2.75) is 0 Å². The molecule has 13 heavy (non-hydrogen) atoms. The van der Waals surface area contributed by atoms with Crippen LogP contribution in [-0.2, 0) is 0 Å². The van der Waals surface area contributed by atoms with Gasteiger partial charge in [0.25, 0.3) is 5.69 Å². The number of halogens is 1. The fourth-order valence-corrected chi connectivity index (χ4v) is 1.31. The molecule has 0 N–H and O–H groups in total. The molecule has 6 nitrogen and oxygen atoms in total. The second-order valence-corrected chi connectivity index (χ2v) is 2.91. The van der Waals surface area contributed by atoms with Gasteiger partial charge in [0, 0.05) is 4.91 Å². The third-order valence-corrected chi connectivity index (χ3v) is 1.94. The number of para-hydroxylation sites is 1. The molecule has 0 aliphatic carbocycles. The summed E-state index contributed by atoms with van der Waals surface area (Å²) in [7, 11) is 0. The molecule has 7 heteroatoms. The predicted molar refractivity (Wildman–Crippen MR) is 49.6 cm³/mol. The Morgan fingerprint density at radius 1 is 1.62 bits per heavy atom. The fourth-order valence-electron chi connectivity index (χ4n) is 0.814. The number of rotatable bonds is 2. The predicted octanol–water partition coefficient (Wildman–Crippen LogP) is 3.30. The Hall–Kier alpha value is -1.59. The van der Waals surface area contributed by atoms with Crippen molar-refractivity contribution in [3.63, 3.8) is 0 Å². The van der Waals surface area contributed by atoms with E-state index in [4.69, 9.17) is 5.53 Å². The van der Waals surface area contributed by atoms with E-state index in [1.807, 2.05) is 0 Å². The molecule has 0 saturated heterocycles. The first-order valence-electron chi connectivity index (χ1n) is 3.15. The fraction of sp³-hybridized carbons (Fsp3) is 0. The summed E-state index contributed by atoms with van der Waals surface area (Å²) < 4.78 is 0.294. The Bertz CT molecular complexity index is 400. The molecular weight excluding hydrogens is 240 g/mol. The molecule has 0 unspecified atom stereocenters. The van der Waals surface area contributed by atoms with E-state index >= 15 is 0 Å². The van der Waals surface area contributed by atoms with Crippen LogP contribution in [0.3, 0.4) is 0 Å². The summed E-state index contributed by atoms with van der Waals surface area (Å²) in [5.41, 5.74) is 7.92. The zero-order valence-electron chi connectivity index (χ0n) is 6.22. The smallest absolute Gasteiger partial charge is 0.258 e. The van der Waals surface area contributed by atoms with Gasteiger partial charge in [-0.2, -0.15) is 0 Å². The summed E-state index contributed by atoms with van der Waals surface area (Å²) in [5, 5.41) is 13.7. The molecule has 1 aromatic rings. The Balaban J connectivity index is 3.42. The highest BCUT2D eigenvalue weighted by Crippen LogP contribution is 2.34. The molecule has 0 aliphatic heterocycles. The van der Waals surface area contributed by atoms with Crippen molar-refractivity contribution in [3.8, 4) is 0 Å². The molecule has 0 atom stereocenters. The molecule has 0 spiro atoms. The summed E-state index contributed by atoms with van der Waals surface area (Å²) in [4.78, 5) is 12.4. The maximum absolute atomic E-state index is 10.5. The molecule has 0 amide bonds. The average molecular weight is 243 g/mol. The first kappa shape index (κ1) is 9.50. The standard InChI is InChI=1S/C6H3BrN4O2/c7-4-2-1-3-5(9-10-8)6(4)11(12)13/h1-3H. The van der Waals surface area contributed by atoms with Gasteiger partial charge >= 0.3 is 0 Å². The molecule has 0 aliphatic rings. The van der Waals surface area contributed by atoms with Gasteiger partial charge < -0.3 is 0 Å². The van der Waals surface area contributed by atoms with Crippen LogP contribution in [0, 0.1) is 10.1 Å². The molecule has 66 valence electrons. The Kier molecular flexibility index (Phi) is 2.84. The maximum atomic E-state index is 10.5. The van der Waals surface area contributed by atoms with Gasteiger partial charge in [0.1, 0.15) is 5.69 Å². The molecule has 0 fully saturated rings. The normalized spacial score (nSPS) is 9.00. The first-order chi connectivity index (χ1) is 6.16. The van der Waals surface area contributed by atoms with Crippen molar-refractivity contribution in [3.05, 3.63) is 43.2 Å². The summed E-state index contributed by atoms with van der Waals surface area (Å²) in [6, 6.07) is 4.44. The summed E-state index contributed by atoms with van der Waals surface area (Å²) in [6.07, 6.45) is 0. The largest absolute Gasteiger partial charge is 0.293 e. The van der Waals surface area contributed by atoms with Crippen LogP contribution < -0.4 is 0 Å². The van der Waals surface area contributed by atoms with Crippen LogP contribution in [0.2, 0.25) is 0 Å². The van der Waals surface area contributed by atoms with Gasteiger partial charge in [-0.15, -0.1) is 0 Å². The third-order valence-electron chi connectivity index (χ3n) is 1.30. The van der Waals surface area contributed by atoms with Crippen LogP contribution in [-0.4, -0.2) is 4.92 Å². The van der Waals surface area contributed by atoms with Gasteiger partial charge in [-0.05, 0) is 33.6 Å². The zero-order chi connectivity index (χ0) is 9.84. The number of hydrogen-bond donors (Lipinski definition) is 0. The van der Waals surface area contributed by atoms with E-state index < -0.39 is 4.92 Å². The van der Waals surface area contributed by atoms with E-state index in [0.29, 0.717) is 4.47 Å². The van der Waals surface area contributed by atoms with E-state index in [1.54, 1.807) is 6.07 Å². The lowest BCUT2D eigenvalue weighted by Gasteiger charge is -1.97. The number of nitro groups is 1. The number of nitrogens with zero attached hydrogens (tertiary/aromatic N) is 4. The topological polar surface area (TPSA) is 91.9 Å². The van der Waals surface area contributed by atoms with Crippen LogP contribution in [0.5, 0.6) is 0 Å². The average Bonchev–Trinajstić information content (AvgIpc) is 2.04. The minimum Gasteiger partial charge on any atom is -0.258 e. The van der Waals surface area contributed by atoms with Gasteiger partial charge in [-0.3, -0.25) is 10.1 Å². The Morgan fingerprint density at radius 3 is 2.85 bits per heavy atom. The van der Waals surface area contributed by atoms with Crippen molar-refractivity contribution in [1.82, 2.24) is 0 Å². The molecule has 1 rings (SSSR count). The van der Waals surface area contributed by atoms with Crippen molar-refractivity contribution in [1.29, 1.82) is 0 Å². The number of azide groups is 1. The Labute approximate surface area is 81.1 Å². The van der Waals surface area contributed by atoms with Crippen LogP contribution in [0.4, 0.5) is 11.4 Å². The minimum absolute atomic E-state index is 0.00174. The molecule has 1 aromatic carbocycles. The lowest BCUT2D eigenvalue weighted by Crippen LogP contribution is -1.89. The highest BCUT2D eigenvalue weighted by Gasteiger charge is 2.16. The molecule has 0 saturated carbocycles. The highest BCUT2D eigenvalue weighted by molar-refractivity contribution is 9.10. The number of benzene rings is 1. The van der Waals surface area contributed by atoms with E-state index in [0.717, 1.165) is 0 Å². The summed E-state index contributed by atoms with van der Waals surface area (Å²) in [6.45, 7) is 0. The van der Waals surface area contributed by atoms with Crippen molar-refractivity contribution in [2.24, 2.45) is 5.11 Å². The van der Waals surface area contributed by atoms with E-state index in [1.165, 1.54) is 12.1 Å². The molecule has 0 heterocycles. The Morgan fingerprint density at radius 2 is 2.31 bits per heavy atom. The highest BCUT2D eigenvalue weighted by atomic mass is 79.9. The van der Waals surface area contributed by atoms with Crippen LogP contribution in [0.1, 0.15) is 0 Å². The summed E-state index contributed by atoms with van der Waals surface area (Å²) in [5.74, 6) is 0. The first-order valence-corrected chi connectivity index (χ1v) is 3.94. The summed E-state index contributed by atoms with van der Waals surface area (Å²) >= 11 is 2.99. The van der Waals surface area contributed by atoms with Crippen molar-refractivity contribution >= 4 is 27.3 Å². The van der Waals surface area contributed by atoms with Crippen molar-refractivity contribution < 1.29 is 4.92 Å². The number of hydrogen-bond acceptors (Lipinski definition) is 3. The van der Waals surface area contributed by atoms with Crippen LogP contribution in [0.15, 0.2) is 27.8 Å². The van der Waals surface area contributed by atoms with Gasteiger partial charge in [0.15, 0.2) is 0 Å². The van der Waals surface area contributed by atoms with E-state index in [-0.39, 0.29) is 11.4 Å².